The van der Waals surface area contributed by atoms with Crippen molar-refractivity contribution in [2.24, 2.45) is 0 Å². The Balaban J connectivity index is 1.84. The average molecular weight is 198 g/mol. The fourth-order valence-corrected chi connectivity index (χ4v) is 2.13. The van der Waals surface area contributed by atoms with E-state index in [1.807, 2.05) is 11.9 Å². The molecule has 0 radical (unpaired) electrons. The summed E-state index contributed by atoms with van der Waals surface area (Å²) in [6.07, 6.45) is 3.70. The zero-order valence-corrected chi connectivity index (χ0v) is 8.57. The summed E-state index contributed by atoms with van der Waals surface area (Å²) in [5.41, 5.74) is 0. The predicted molar refractivity (Wildman–Crippen MR) is 52.8 cm³/mol. The highest BCUT2D eigenvalue weighted by Gasteiger charge is 2.34. The second-order valence-electron chi connectivity index (χ2n) is 4.48. The van der Waals surface area contributed by atoms with Crippen LogP contribution in [0, 0.1) is 0 Å². The van der Waals surface area contributed by atoms with E-state index in [1.54, 1.807) is 0 Å². The van der Waals surface area contributed by atoms with Gasteiger partial charge in [0.25, 0.3) is 0 Å². The number of likely N-dealkylation sites (tertiary alicyclic amines) is 1. The predicted octanol–water partition coefficient (Wildman–Crippen LogP) is -0.280. The maximum Gasteiger partial charge on any atom is 0.237 e. The number of rotatable bonds is 2. The van der Waals surface area contributed by atoms with E-state index in [2.05, 4.69) is 5.32 Å². The van der Waals surface area contributed by atoms with E-state index in [1.165, 1.54) is 6.42 Å². The molecule has 0 aromatic heterocycles. The highest BCUT2D eigenvalue weighted by molar-refractivity contribution is 5.82. The number of likely N-dealkylation sites (N-methyl/N-ethyl adjacent to an activating group) is 1. The van der Waals surface area contributed by atoms with Gasteiger partial charge >= 0.3 is 0 Å². The monoisotopic (exact) mass is 198 g/mol. The van der Waals surface area contributed by atoms with Gasteiger partial charge < -0.3 is 10.4 Å². The summed E-state index contributed by atoms with van der Waals surface area (Å²) in [5, 5.41) is 12.4. The lowest BCUT2D eigenvalue weighted by Gasteiger charge is -2.29. The number of carbonyl (C=O) groups is 1. The lowest BCUT2D eigenvalue weighted by atomic mass is 9.93. The van der Waals surface area contributed by atoms with Crippen molar-refractivity contribution in [2.75, 3.05) is 13.6 Å². The number of aliphatic hydroxyl groups is 1. The van der Waals surface area contributed by atoms with Crippen LogP contribution >= 0.6 is 0 Å². The Morgan fingerprint density at radius 1 is 1.50 bits per heavy atom. The third-order valence-corrected chi connectivity index (χ3v) is 3.28. The summed E-state index contributed by atoms with van der Waals surface area (Å²) < 4.78 is 0. The minimum atomic E-state index is -0.336. The van der Waals surface area contributed by atoms with Crippen LogP contribution in [0.5, 0.6) is 0 Å². The third kappa shape index (κ3) is 1.91. The molecule has 14 heavy (non-hydrogen) atoms. The molecule has 0 unspecified atom stereocenters. The molecule has 0 bridgehead atoms. The molecule has 2 N–H and O–H groups in total. The summed E-state index contributed by atoms with van der Waals surface area (Å²) in [6.45, 7) is 0.614. The van der Waals surface area contributed by atoms with Gasteiger partial charge in [-0.25, -0.2) is 0 Å². The largest absolute Gasteiger partial charge is 0.392 e. The number of hydrogen-bond donors (Lipinski definition) is 2. The van der Waals surface area contributed by atoms with E-state index in [9.17, 15) is 9.90 Å². The highest BCUT2D eigenvalue weighted by atomic mass is 16.3. The summed E-state index contributed by atoms with van der Waals surface area (Å²) in [5.74, 6) is 0.0914. The summed E-state index contributed by atoms with van der Waals surface area (Å²) in [4.78, 5) is 13.7. The topological polar surface area (TPSA) is 52.6 Å². The van der Waals surface area contributed by atoms with Crippen molar-refractivity contribution >= 4 is 5.91 Å². The standard InChI is InChI=1S/C10H18N2O2/c1-12-6-8(13)5-9(12)10(14)11-7-3-2-4-7/h7-9,13H,2-6H2,1H3,(H,11,14)/t8-,9+/m1/s1. The van der Waals surface area contributed by atoms with Crippen LogP contribution in [0.15, 0.2) is 0 Å². The van der Waals surface area contributed by atoms with Crippen LogP contribution in [0.25, 0.3) is 0 Å². The molecule has 1 amide bonds. The number of aliphatic hydroxyl groups excluding tert-OH is 1. The van der Waals surface area contributed by atoms with Crippen LogP contribution in [-0.4, -0.2) is 47.7 Å². The van der Waals surface area contributed by atoms with Crippen molar-refractivity contribution in [3.05, 3.63) is 0 Å². The summed E-state index contributed by atoms with van der Waals surface area (Å²) in [7, 11) is 1.89. The minimum absolute atomic E-state index is 0.0914. The maximum absolute atomic E-state index is 11.7. The molecule has 2 aliphatic rings. The van der Waals surface area contributed by atoms with Gasteiger partial charge in [0.15, 0.2) is 0 Å². The lowest BCUT2D eigenvalue weighted by molar-refractivity contribution is -0.126. The fraction of sp³-hybridized carbons (Fsp3) is 0.900. The number of nitrogens with zero attached hydrogens (tertiary/aromatic N) is 1. The molecule has 4 heteroatoms. The first kappa shape index (κ1) is 9.93. The van der Waals surface area contributed by atoms with Gasteiger partial charge in [0, 0.05) is 12.6 Å². The number of nitrogens with one attached hydrogen (secondary N) is 1. The van der Waals surface area contributed by atoms with Crippen LogP contribution in [0.1, 0.15) is 25.7 Å². The van der Waals surface area contributed by atoms with Crippen molar-refractivity contribution in [3.8, 4) is 0 Å². The van der Waals surface area contributed by atoms with E-state index >= 15 is 0 Å². The molecule has 1 saturated heterocycles. The average Bonchev–Trinajstić information content (AvgIpc) is 2.37. The van der Waals surface area contributed by atoms with Gasteiger partial charge in [-0.1, -0.05) is 0 Å². The van der Waals surface area contributed by atoms with Crippen molar-refractivity contribution in [1.82, 2.24) is 10.2 Å². The van der Waals surface area contributed by atoms with Crippen LogP contribution in [0.4, 0.5) is 0 Å². The van der Waals surface area contributed by atoms with Crippen molar-refractivity contribution in [3.63, 3.8) is 0 Å². The van der Waals surface area contributed by atoms with Crippen LogP contribution in [0.2, 0.25) is 0 Å². The number of β-amino-alcohol motifs (C(OH)–C–C–N with tert-alkyl or cyclic N) is 1. The molecule has 1 aliphatic heterocycles. The van der Waals surface area contributed by atoms with Crippen molar-refractivity contribution < 1.29 is 9.90 Å². The molecule has 1 aliphatic carbocycles. The number of hydrogen-bond acceptors (Lipinski definition) is 3. The smallest absolute Gasteiger partial charge is 0.237 e. The van der Waals surface area contributed by atoms with Crippen LogP contribution in [0.3, 0.4) is 0 Å². The fourth-order valence-electron chi connectivity index (χ4n) is 2.13. The molecule has 1 heterocycles. The zero-order valence-electron chi connectivity index (χ0n) is 8.57. The molecule has 0 aromatic rings. The Labute approximate surface area is 84.3 Å². The van der Waals surface area contributed by atoms with Gasteiger partial charge in [-0.2, -0.15) is 0 Å². The Bertz CT molecular complexity index is 228. The summed E-state index contributed by atoms with van der Waals surface area (Å²) in [6, 6.07) is 0.277. The van der Waals surface area contributed by atoms with Gasteiger partial charge in [-0.3, -0.25) is 9.69 Å². The molecular formula is C10H18N2O2. The number of amides is 1. The van der Waals surface area contributed by atoms with Gasteiger partial charge in [-0.05, 0) is 32.7 Å². The quantitative estimate of drug-likeness (QED) is 0.641. The van der Waals surface area contributed by atoms with E-state index < -0.39 is 0 Å². The molecule has 2 atom stereocenters. The molecule has 2 rings (SSSR count). The lowest BCUT2D eigenvalue weighted by Crippen LogP contribution is -2.47. The van der Waals surface area contributed by atoms with Gasteiger partial charge in [0.05, 0.1) is 12.1 Å². The highest BCUT2D eigenvalue weighted by Crippen LogP contribution is 2.20. The van der Waals surface area contributed by atoms with Crippen LogP contribution in [-0.2, 0) is 4.79 Å². The first-order valence-corrected chi connectivity index (χ1v) is 5.35. The number of carbonyl (C=O) groups excluding carboxylic acids is 1. The second kappa shape index (κ2) is 3.87. The first-order valence-electron chi connectivity index (χ1n) is 5.35. The van der Waals surface area contributed by atoms with Gasteiger partial charge in [0.1, 0.15) is 0 Å². The van der Waals surface area contributed by atoms with E-state index in [0.717, 1.165) is 12.8 Å². The molecule has 4 nitrogen and oxygen atoms in total. The van der Waals surface area contributed by atoms with Gasteiger partial charge in [-0.15, -0.1) is 0 Å². The Hall–Kier alpha value is -0.610. The molecule has 0 spiro atoms. The Kier molecular flexibility index (Phi) is 2.74. The Morgan fingerprint density at radius 2 is 2.21 bits per heavy atom. The van der Waals surface area contributed by atoms with Crippen LogP contribution < -0.4 is 5.32 Å². The normalized spacial score (nSPS) is 34.1. The molecule has 0 aromatic carbocycles. The second-order valence-corrected chi connectivity index (χ2v) is 4.48. The molecular weight excluding hydrogens is 180 g/mol. The van der Waals surface area contributed by atoms with Crippen molar-refractivity contribution in [1.29, 1.82) is 0 Å². The third-order valence-electron chi connectivity index (χ3n) is 3.28. The van der Waals surface area contributed by atoms with E-state index in [0.29, 0.717) is 19.0 Å². The molecule has 2 fully saturated rings. The zero-order chi connectivity index (χ0) is 10.1. The molecule has 1 saturated carbocycles. The first-order chi connectivity index (χ1) is 6.66. The summed E-state index contributed by atoms with van der Waals surface area (Å²) >= 11 is 0. The maximum atomic E-state index is 11.7. The van der Waals surface area contributed by atoms with E-state index in [4.69, 9.17) is 0 Å². The van der Waals surface area contributed by atoms with Gasteiger partial charge in [0.2, 0.25) is 5.91 Å². The Morgan fingerprint density at radius 3 is 2.64 bits per heavy atom. The SMILES string of the molecule is CN1C[C@H](O)C[C@H]1C(=O)NC1CCC1. The van der Waals surface area contributed by atoms with Crippen molar-refractivity contribution in [2.45, 2.75) is 43.9 Å². The van der Waals surface area contributed by atoms with E-state index in [-0.39, 0.29) is 18.1 Å². The molecule has 80 valence electrons. The minimum Gasteiger partial charge on any atom is -0.392 e.